The second-order valence-corrected chi connectivity index (χ2v) is 4.80. The van der Waals surface area contributed by atoms with Crippen molar-refractivity contribution in [3.8, 4) is 0 Å². The van der Waals surface area contributed by atoms with E-state index in [0.29, 0.717) is 5.56 Å². The Balaban J connectivity index is 2.14. The molecular weight excluding hydrogens is 275 g/mol. The molecular formula is C13H12F3NO3. The van der Waals surface area contributed by atoms with E-state index < -0.39 is 35.5 Å². The van der Waals surface area contributed by atoms with Crippen molar-refractivity contribution in [3.63, 3.8) is 0 Å². The predicted octanol–water partition coefficient (Wildman–Crippen LogP) is 2.67. The monoisotopic (exact) mass is 287 g/mol. The number of amides is 1. The maximum Gasteiger partial charge on any atom is 0.416 e. The van der Waals surface area contributed by atoms with Gasteiger partial charge in [0.1, 0.15) is 0 Å². The molecule has 0 heterocycles. The summed E-state index contributed by atoms with van der Waals surface area (Å²) in [5.74, 6) is -3.02. The zero-order valence-corrected chi connectivity index (χ0v) is 10.5. The molecule has 20 heavy (non-hydrogen) atoms. The maximum absolute atomic E-state index is 12.6. The lowest BCUT2D eigenvalue weighted by molar-refractivity contribution is -0.139. The van der Waals surface area contributed by atoms with Gasteiger partial charge in [0.25, 0.3) is 0 Å². The van der Waals surface area contributed by atoms with E-state index in [0.717, 1.165) is 12.1 Å². The molecule has 0 aliphatic heterocycles. The molecule has 2 rings (SSSR count). The summed E-state index contributed by atoms with van der Waals surface area (Å²) in [6.07, 6.45) is -4.27. The second kappa shape index (κ2) is 4.81. The molecule has 0 aromatic heterocycles. The molecule has 4 nitrogen and oxygen atoms in total. The third kappa shape index (κ3) is 2.92. The highest BCUT2D eigenvalue weighted by atomic mass is 19.4. The zero-order chi connectivity index (χ0) is 15.1. The van der Waals surface area contributed by atoms with Crippen molar-refractivity contribution in [2.24, 2.45) is 11.8 Å². The van der Waals surface area contributed by atoms with Crippen LogP contribution in [0.5, 0.6) is 0 Å². The molecule has 0 saturated heterocycles. The highest BCUT2D eigenvalue weighted by Crippen LogP contribution is 2.40. The number of carbonyl (C=O) groups excluding carboxylic acids is 1. The van der Waals surface area contributed by atoms with Crippen LogP contribution in [-0.4, -0.2) is 17.0 Å². The van der Waals surface area contributed by atoms with Crippen LogP contribution in [0, 0.1) is 18.8 Å². The molecule has 7 heteroatoms. The third-order valence-electron chi connectivity index (χ3n) is 3.27. The highest BCUT2D eigenvalue weighted by molar-refractivity contribution is 5.98. The number of hydrogen-bond acceptors (Lipinski definition) is 2. The van der Waals surface area contributed by atoms with Crippen molar-refractivity contribution >= 4 is 17.6 Å². The Hall–Kier alpha value is -2.05. The Morgan fingerprint density at radius 2 is 1.95 bits per heavy atom. The molecule has 1 aliphatic carbocycles. The van der Waals surface area contributed by atoms with Gasteiger partial charge in [0.2, 0.25) is 5.91 Å². The number of carboxylic acid groups (broad SMARTS) is 1. The van der Waals surface area contributed by atoms with Gasteiger partial charge in [-0.3, -0.25) is 9.59 Å². The number of carboxylic acids is 1. The van der Waals surface area contributed by atoms with Gasteiger partial charge < -0.3 is 10.4 Å². The number of alkyl halides is 3. The minimum atomic E-state index is -4.49. The first-order valence-electron chi connectivity index (χ1n) is 5.91. The van der Waals surface area contributed by atoms with Crippen LogP contribution in [0.3, 0.4) is 0 Å². The number of hydrogen-bond donors (Lipinski definition) is 2. The quantitative estimate of drug-likeness (QED) is 0.898. The SMILES string of the molecule is Cc1ccc(C(F)(F)F)cc1NC(=O)[C@@H]1C[C@@H]1C(=O)O. The van der Waals surface area contributed by atoms with Crippen LogP contribution < -0.4 is 5.32 Å². The molecule has 2 N–H and O–H groups in total. The minimum absolute atomic E-state index is 0.0564. The molecule has 1 saturated carbocycles. The fourth-order valence-corrected chi connectivity index (χ4v) is 1.92. The van der Waals surface area contributed by atoms with Crippen molar-refractivity contribution in [1.29, 1.82) is 0 Å². The van der Waals surface area contributed by atoms with Gasteiger partial charge in [0.05, 0.1) is 17.4 Å². The fraction of sp³-hybridized carbons (Fsp3) is 0.385. The summed E-state index contributed by atoms with van der Waals surface area (Å²) in [7, 11) is 0. The number of rotatable bonds is 3. The van der Waals surface area contributed by atoms with E-state index in [9.17, 15) is 22.8 Å². The Kier molecular flexibility index (Phi) is 3.45. The summed E-state index contributed by atoms with van der Waals surface area (Å²) in [5, 5.41) is 11.1. The molecule has 1 aromatic rings. The van der Waals surface area contributed by atoms with E-state index in [1.54, 1.807) is 6.92 Å². The molecule has 2 atom stereocenters. The van der Waals surface area contributed by atoms with Gasteiger partial charge in [-0.05, 0) is 31.0 Å². The first-order valence-corrected chi connectivity index (χ1v) is 5.91. The van der Waals surface area contributed by atoms with Crippen LogP contribution in [0.25, 0.3) is 0 Å². The normalized spacial score (nSPS) is 21.4. The highest BCUT2D eigenvalue weighted by Gasteiger charge is 2.48. The average molecular weight is 287 g/mol. The van der Waals surface area contributed by atoms with E-state index >= 15 is 0 Å². The molecule has 1 aliphatic rings. The first kappa shape index (κ1) is 14.4. The van der Waals surface area contributed by atoms with Crippen LogP contribution in [0.1, 0.15) is 17.5 Å². The standard InChI is InChI=1S/C13H12F3NO3/c1-6-2-3-7(13(14,15)16)4-10(6)17-11(18)8-5-9(8)12(19)20/h2-4,8-9H,5H2,1H3,(H,17,18)(H,19,20)/t8-,9+/m1/s1. The van der Waals surface area contributed by atoms with Crippen molar-refractivity contribution in [2.45, 2.75) is 19.5 Å². The van der Waals surface area contributed by atoms with Crippen LogP contribution >= 0.6 is 0 Å². The van der Waals surface area contributed by atoms with Gasteiger partial charge in [-0.15, -0.1) is 0 Å². The van der Waals surface area contributed by atoms with E-state index in [4.69, 9.17) is 5.11 Å². The molecule has 0 unspecified atom stereocenters. The predicted molar refractivity (Wildman–Crippen MR) is 64.0 cm³/mol. The summed E-state index contributed by atoms with van der Waals surface area (Å²) in [5.41, 5.74) is -0.316. The van der Waals surface area contributed by atoms with Gasteiger partial charge >= 0.3 is 12.1 Å². The lowest BCUT2D eigenvalue weighted by Gasteiger charge is -2.12. The van der Waals surface area contributed by atoms with Gasteiger partial charge in [-0.2, -0.15) is 13.2 Å². The van der Waals surface area contributed by atoms with Crippen molar-refractivity contribution < 1.29 is 27.9 Å². The molecule has 0 radical (unpaired) electrons. The summed E-state index contributed by atoms with van der Waals surface area (Å²) in [6.45, 7) is 1.57. The number of nitrogens with one attached hydrogen (secondary N) is 1. The van der Waals surface area contributed by atoms with Gasteiger partial charge in [-0.25, -0.2) is 0 Å². The number of aryl methyl sites for hydroxylation is 1. The van der Waals surface area contributed by atoms with E-state index in [1.165, 1.54) is 6.07 Å². The molecule has 1 fully saturated rings. The van der Waals surface area contributed by atoms with Crippen molar-refractivity contribution in [2.75, 3.05) is 5.32 Å². The lowest BCUT2D eigenvalue weighted by Crippen LogP contribution is -2.18. The maximum atomic E-state index is 12.6. The smallest absolute Gasteiger partial charge is 0.416 e. The Labute approximate surface area is 112 Å². The second-order valence-electron chi connectivity index (χ2n) is 4.80. The van der Waals surface area contributed by atoms with E-state index in [1.807, 2.05) is 0 Å². The van der Waals surface area contributed by atoms with Gasteiger partial charge in [0, 0.05) is 5.69 Å². The summed E-state index contributed by atoms with van der Waals surface area (Å²) < 4.78 is 37.8. The molecule has 1 aromatic carbocycles. The molecule has 108 valence electrons. The van der Waals surface area contributed by atoms with E-state index in [2.05, 4.69) is 5.32 Å². The first-order chi connectivity index (χ1) is 9.20. The summed E-state index contributed by atoms with van der Waals surface area (Å²) in [6, 6.07) is 3.05. The van der Waals surface area contributed by atoms with Gasteiger partial charge in [0.15, 0.2) is 0 Å². The minimum Gasteiger partial charge on any atom is -0.481 e. The van der Waals surface area contributed by atoms with E-state index in [-0.39, 0.29) is 12.1 Å². The number of benzene rings is 1. The number of carbonyl (C=O) groups is 2. The van der Waals surface area contributed by atoms with Crippen LogP contribution in [0.4, 0.5) is 18.9 Å². The third-order valence-corrected chi connectivity index (χ3v) is 3.27. The van der Waals surface area contributed by atoms with Gasteiger partial charge in [-0.1, -0.05) is 6.07 Å². The topological polar surface area (TPSA) is 66.4 Å². The summed E-state index contributed by atoms with van der Waals surface area (Å²) >= 11 is 0. The van der Waals surface area contributed by atoms with Crippen molar-refractivity contribution in [1.82, 2.24) is 0 Å². The van der Waals surface area contributed by atoms with Crippen LogP contribution in [0.2, 0.25) is 0 Å². The lowest BCUT2D eigenvalue weighted by atomic mass is 10.1. The number of aliphatic carboxylic acids is 1. The number of halogens is 3. The molecule has 1 amide bonds. The van der Waals surface area contributed by atoms with Crippen molar-refractivity contribution in [3.05, 3.63) is 29.3 Å². The average Bonchev–Trinajstić information content (AvgIpc) is 3.10. The van der Waals surface area contributed by atoms with Crippen LogP contribution in [0.15, 0.2) is 18.2 Å². The zero-order valence-electron chi connectivity index (χ0n) is 10.5. The number of anilines is 1. The molecule has 0 spiro atoms. The Morgan fingerprint density at radius 1 is 1.30 bits per heavy atom. The Bertz CT molecular complexity index is 568. The molecule has 0 bridgehead atoms. The largest absolute Gasteiger partial charge is 0.481 e. The fourth-order valence-electron chi connectivity index (χ4n) is 1.92. The van der Waals surface area contributed by atoms with Crippen LogP contribution in [-0.2, 0) is 15.8 Å². The summed E-state index contributed by atoms with van der Waals surface area (Å²) in [4.78, 5) is 22.4. The Morgan fingerprint density at radius 3 is 2.45 bits per heavy atom.